The van der Waals surface area contributed by atoms with Crippen LogP contribution in [0.25, 0.3) is 0 Å². The van der Waals surface area contributed by atoms with Gasteiger partial charge in [0.2, 0.25) is 0 Å². The lowest BCUT2D eigenvalue weighted by Gasteiger charge is -2.20. The Labute approximate surface area is 110 Å². The van der Waals surface area contributed by atoms with Gasteiger partial charge in [0.05, 0.1) is 12.5 Å². The number of halogens is 1. The van der Waals surface area contributed by atoms with Gasteiger partial charge in [-0.25, -0.2) is 0 Å². The third kappa shape index (κ3) is 3.38. The first-order valence-corrected chi connectivity index (χ1v) is 6.74. The van der Waals surface area contributed by atoms with Crippen LogP contribution in [0.4, 0.5) is 0 Å². The van der Waals surface area contributed by atoms with Gasteiger partial charge >= 0.3 is 0 Å². The topological polar surface area (TPSA) is 9.23 Å². The Morgan fingerprint density at radius 1 is 1.24 bits per heavy atom. The summed E-state index contributed by atoms with van der Waals surface area (Å²) >= 11 is 6.53. The first-order valence-electron chi connectivity index (χ1n) is 6.30. The van der Waals surface area contributed by atoms with E-state index in [-0.39, 0.29) is 5.38 Å². The van der Waals surface area contributed by atoms with Crippen molar-refractivity contribution in [2.75, 3.05) is 7.11 Å². The molecular weight excluding hydrogens is 232 g/mol. The quantitative estimate of drug-likeness (QED) is 0.670. The molecule has 0 aliphatic carbocycles. The van der Waals surface area contributed by atoms with Crippen molar-refractivity contribution >= 4 is 11.6 Å². The molecule has 0 aromatic heterocycles. The molecule has 0 saturated heterocycles. The zero-order valence-electron chi connectivity index (χ0n) is 11.5. The summed E-state index contributed by atoms with van der Waals surface area (Å²) in [5.41, 5.74) is 3.54. The lowest BCUT2D eigenvalue weighted by molar-refractivity contribution is 0.408. The minimum Gasteiger partial charge on any atom is -0.496 e. The van der Waals surface area contributed by atoms with Crippen molar-refractivity contribution in [2.24, 2.45) is 5.92 Å². The highest BCUT2D eigenvalue weighted by atomic mass is 35.5. The highest BCUT2D eigenvalue weighted by Gasteiger charge is 2.17. The fourth-order valence-corrected chi connectivity index (χ4v) is 2.65. The number of benzene rings is 1. The zero-order chi connectivity index (χ0) is 13.0. The van der Waals surface area contributed by atoms with Crippen LogP contribution in [-0.2, 0) is 0 Å². The van der Waals surface area contributed by atoms with Crippen molar-refractivity contribution in [3.05, 3.63) is 28.8 Å². The maximum Gasteiger partial charge on any atom is 0.124 e. The predicted octanol–water partition coefficient (Wildman–Crippen LogP) is 5.03. The van der Waals surface area contributed by atoms with E-state index in [1.165, 1.54) is 12.0 Å². The molecule has 96 valence electrons. The largest absolute Gasteiger partial charge is 0.496 e. The molecule has 0 fully saturated rings. The number of rotatable bonds is 5. The highest BCUT2D eigenvalue weighted by Crippen LogP contribution is 2.35. The summed E-state index contributed by atoms with van der Waals surface area (Å²) in [7, 11) is 1.72. The Morgan fingerprint density at radius 3 is 2.18 bits per heavy atom. The SMILES string of the molecule is CCCC(C)C(Cl)c1cc(C)c(OC)c(C)c1. The first kappa shape index (κ1) is 14.4. The molecule has 0 radical (unpaired) electrons. The smallest absolute Gasteiger partial charge is 0.124 e. The average Bonchev–Trinajstić information content (AvgIpc) is 2.27. The molecule has 0 heterocycles. The zero-order valence-corrected chi connectivity index (χ0v) is 12.3. The number of methoxy groups -OCH3 is 1. The molecule has 0 aliphatic rings. The van der Waals surface area contributed by atoms with E-state index in [1.807, 2.05) is 0 Å². The average molecular weight is 255 g/mol. The Hall–Kier alpha value is -0.690. The maximum atomic E-state index is 6.53. The van der Waals surface area contributed by atoms with Crippen molar-refractivity contribution in [3.8, 4) is 5.75 Å². The van der Waals surface area contributed by atoms with Crippen LogP contribution in [0.3, 0.4) is 0 Å². The van der Waals surface area contributed by atoms with Crippen LogP contribution in [0, 0.1) is 19.8 Å². The Morgan fingerprint density at radius 2 is 1.76 bits per heavy atom. The Kier molecular flexibility index (Phi) is 5.32. The number of ether oxygens (including phenoxy) is 1. The molecule has 1 aromatic rings. The molecule has 17 heavy (non-hydrogen) atoms. The standard InChI is InChI=1S/C15H23ClO/c1-6-7-10(2)14(16)13-8-11(3)15(17-5)12(4)9-13/h8-10,14H,6-7H2,1-5H3. The summed E-state index contributed by atoms with van der Waals surface area (Å²) < 4.78 is 5.38. The second-order valence-corrected chi connectivity index (χ2v) is 5.33. The molecule has 0 N–H and O–H groups in total. The van der Waals surface area contributed by atoms with Crippen LogP contribution in [0.15, 0.2) is 12.1 Å². The maximum absolute atomic E-state index is 6.53. The van der Waals surface area contributed by atoms with Crippen molar-refractivity contribution in [2.45, 2.75) is 45.9 Å². The Balaban J connectivity index is 2.99. The van der Waals surface area contributed by atoms with Crippen LogP contribution < -0.4 is 4.74 Å². The van der Waals surface area contributed by atoms with E-state index >= 15 is 0 Å². The first-order chi connectivity index (χ1) is 8.01. The van der Waals surface area contributed by atoms with Crippen LogP contribution in [0.5, 0.6) is 5.75 Å². The van der Waals surface area contributed by atoms with Gasteiger partial charge in [-0.2, -0.15) is 0 Å². The summed E-state index contributed by atoms with van der Waals surface area (Å²) in [5.74, 6) is 1.48. The number of alkyl halides is 1. The van der Waals surface area contributed by atoms with Gasteiger partial charge in [-0.15, -0.1) is 11.6 Å². The van der Waals surface area contributed by atoms with Crippen LogP contribution >= 0.6 is 11.6 Å². The lowest BCUT2D eigenvalue weighted by atomic mass is 9.94. The van der Waals surface area contributed by atoms with Crippen molar-refractivity contribution in [3.63, 3.8) is 0 Å². The molecule has 0 saturated carbocycles. The second-order valence-electron chi connectivity index (χ2n) is 4.86. The van der Waals surface area contributed by atoms with Crippen LogP contribution in [0.1, 0.15) is 48.8 Å². The highest BCUT2D eigenvalue weighted by molar-refractivity contribution is 6.21. The summed E-state index contributed by atoms with van der Waals surface area (Å²) in [4.78, 5) is 0. The van der Waals surface area contributed by atoms with Crippen molar-refractivity contribution in [1.82, 2.24) is 0 Å². The molecule has 1 nitrogen and oxygen atoms in total. The fourth-order valence-electron chi connectivity index (χ4n) is 2.40. The van der Waals surface area contributed by atoms with E-state index in [1.54, 1.807) is 7.11 Å². The van der Waals surface area contributed by atoms with E-state index in [4.69, 9.17) is 16.3 Å². The summed E-state index contributed by atoms with van der Waals surface area (Å²) in [5, 5.41) is 0.0956. The number of aryl methyl sites for hydroxylation is 2. The van der Waals surface area contributed by atoms with E-state index in [0.717, 1.165) is 23.3 Å². The molecule has 0 spiro atoms. The molecule has 1 aromatic carbocycles. The normalized spacial score (nSPS) is 14.5. The summed E-state index contributed by atoms with van der Waals surface area (Å²) in [6.07, 6.45) is 2.34. The summed E-state index contributed by atoms with van der Waals surface area (Å²) in [6.45, 7) is 8.56. The van der Waals surface area contributed by atoms with Crippen LogP contribution in [0.2, 0.25) is 0 Å². The fraction of sp³-hybridized carbons (Fsp3) is 0.600. The van der Waals surface area contributed by atoms with Gasteiger partial charge < -0.3 is 4.74 Å². The minimum atomic E-state index is 0.0956. The van der Waals surface area contributed by atoms with Gasteiger partial charge in [0.1, 0.15) is 5.75 Å². The van der Waals surface area contributed by atoms with Crippen LogP contribution in [-0.4, -0.2) is 7.11 Å². The Bertz CT molecular complexity index is 350. The van der Waals surface area contributed by atoms with E-state index in [2.05, 4.69) is 39.8 Å². The van der Waals surface area contributed by atoms with Gasteiger partial charge in [-0.3, -0.25) is 0 Å². The molecule has 2 unspecified atom stereocenters. The van der Waals surface area contributed by atoms with Gasteiger partial charge in [0.15, 0.2) is 0 Å². The predicted molar refractivity (Wildman–Crippen MR) is 75.1 cm³/mol. The van der Waals surface area contributed by atoms with Gasteiger partial charge in [0, 0.05) is 0 Å². The summed E-state index contributed by atoms with van der Waals surface area (Å²) in [6, 6.07) is 4.30. The molecule has 0 bridgehead atoms. The molecule has 1 rings (SSSR count). The molecular formula is C15H23ClO. The molecule has 0 amide bonds. The monoisotopic (exact) mass is 254 g/mol. The van der Waals surface area contributed by atoms with Gasteiger partial charge in [0.25, 0.3) is 0 Å². The van der Waals surface area contributed by atoms with E-state index in [0.29, 0.717) is 5.92 Å². The number of hydrogen-bond acceptors (Lipinski definition) is 1. The van der Waals surface area contributed by atoms with E-state index in [9.17, 15) is 0 Å². The van der Waals surface area contributed by atoms with E-state index < -0.39 is 0 Å². The molecule has 2 heteroatoms. The van der Waals surface area contributed by atoms with Crippen molar-refractivity contribution in [1.29, 1.82) is 0 Å². The second kappa shape index (κ2) is 6.30. The lowest BCUT2D eigenvalue weighted by Crippen LogP contribution is -2.05. The number of hydrogen-bond donors (Lipinski definition) is 0. The van der Waals surface area contributed by atoms with Gasteiger partial charge in [-0.1, -0.05) is 32.4 Å². The van der Waals surface area contributed by atoms with Gasteiger partial charge in [-0.05, 0) is 42.9 Å². The third-order valence-electron chi connectivity index (χ3n) is 3.25. The minimum absolute atomic E-state index is 0.0956. The molecule has 0 aliphatic heterocycles. The van der Waals surface area contributed by atoms with Crippen molar-refractivity contribution < 1.29 is 4.74 Å². The third-order valence-corrected chi connectivity index (χ3v) is 3.93. The molecule has 2 atom stereocenters.